The molecule has 0 aromatic rings. The third-order valence-corrected chi connectivity index (χ3v) is 2.37. The Morgan fingerprint density at radius 1 is 1.50 bits per heavy atom. The van der Waals surface area contributed by atoms with E-state index in [2.05, 4.69) is 17.6 Å². The fraction of sp³-hybridized carbons (Fsp3) is 0.889. The van der Waals surface area contributed by atoms with Gasteiger partial charge in [-0.05, 0) is 32.1 Å². The molecule has 12 heavy (non-hydrogen) atoms. The van der Waals surface area contributed by atoms with Crippen LogP contribution in [0.15, 0.2) is 0 Å². The Morgan fingerprint density at radius 3 is 2.75 bits per heavy atom. The molecule has 2 N–H and O–H groups in total. The minimum absolute atomic E-state index is 0.0170. The van der Waals surface area contributed by atoms with Crippen LogP contribution in [0.4, 0.5) is 4.79 Å². The van der Waals surface area contributed by atoms with E-state index < -0.39 is 0 Å². The van der Waals surface area contributed by atoms with Crippen LogP contribution in [0.25, 0.3) is 0 Å². The summed E-state index contributed by atoms with van der Waals surface area (Å²) < 4.78 is 0. The summed E-state index contributed by atoms with van der Waals surface area (Å²) in [5.41, 5.74) is 0. The average molecular weight is 170 g/mol. The fourth-order valence-electron chi connectivity index (χ4n) is 1.74. The van der Waals surface area contributed by atoms with Crippen LogP contribution in [-0.2, 0) is 0 Å². The van der Waals surface area contributed by atoms with E-state index in [9.17, 15) is 4.79 Å². The standard InChI is InChI=1S/C9H18N2O/c1-3-10-9(12)11-8-5-4-7(2)6-8/h7-8H,3-6H2,1-2H3,(H2,10,11,12). The van der Waals surface area contributed by atoms with Crippen molar-refractivity contribution >= 4 is 6.03 Å². The Labute approximate surface area is 73.9 Å². The van der Waals surface area contributed by atoms with E-state index in [1.165, 1.54) is 6.42 Å². The molecular weight excluding hydrogens is 152 g/mol. The van der Waals surface area contributed by atoms with Crippen LogP contribution in [0, 0.1) is 5.92 Å². The smallest absolute Gasteiger partial charge is 0.314 e. The van der Waals surface area contributed by atoms with E-state index in [1.807, 2.05) is 6.92 Å². The highest BCUT2D eigenvalue weighted by atomic mass is 16.2. The highest BCUT2D eigenvalue weighted by Gasteiger charge is 2.22. The van der Waals surface area contributed by atoms with Gasteiger partial charge in [0.1, 0.15) is 0 Å². The minimum atomic E-state index is -0.0170. The van der Waals surface area contributed by atoms with Crippen LogP contribution in [-0.4, -0.2) is 18.6 Å². The molecule has 0 saturated heterocycles. The molecule has 0 spiro atoms. The molecule has 2 atom stereocenters. The zero-order valence-electron chi connectivity index (χ0n) is 7.89. The lowest BCUT2D eigenvalue weighted by atomic mass is 10.1. The molecule has 3 heteroatoms. The second-order valence-electron chi connectivity index (χ2n) is 3.62. The molecule has 2 unspecified atom stereocenters. The zero-order chi connectivity index (χ0) is 8.97. The lowest BCUT2D eigenvalue weighted by molar-refractivity contribution is 0.237. The second kappa shape index (κ2) is 4.33. The maximum Gasteiger partial charge on any atom is 0.314 e. The predicted molar refractivity (Wildman–Crippen MR) is 49.0 cm³/mol. The largest absolute Gasteiger partial charge is 0.338 e. The maximum atomic E-state index is 11.1. The summed E-state index contributed by atoms with van der Waals surface area (Å²) in [7, 11) is 0. The normalized spacial score (nSPS) is 28.5. The number of hydrogen-bond donors (Lipinski definition) is 2. The van der Waals surface area contributed by atoms with Gasteiger partial charge < -0.3 is 10.6 Å². The highest BCUT2D eigenvalue weighted by molar-refractivity contribution is 5.74. The van der Waals surface area contributed by atoms with Gasteiger partial charge in [0.25, 0.3) is 0 Å². The Bertz CT molecular complexity index is 159. The molecule has 1 aliphatic carbocycles. The number of rotatable bonds is 2. The third kappa shape index (κ3) is 2.72. The molecule has 0 radical (unpaired) electrons. The fourth-order valence-corrected chi connectivity index (χ4v) is 1.74. The lowest BCUT2D eigenvalue weighted by Gasteiger charge is -2.12. The molecule has 1 fully saturated rings. The molecule has 1 rings (SSSR count). The van der Waals surface area contributed by atoms with E-state index in [-0.39, 0.29) is 6.03 Å². The molecule has 0 aromatic carbocycles. The zero-order valence-corrected chi connectivity index (χ0v) is 7.89. The third-order valence-electron chi connectivity index (χ3n) is 2.37. The van der Waals surface area contributed by atoms with Gasteiger partial charge in [0.05, 0.1) is 0 Å². The first-order valence-electron chi connectivity index (χ1n) is 4.76. The van der Waals surface area contributed by atoms with Crippen molar-refractivity contribution < 1.29 is 4.79 Å². The Kier molecular flexibility index (Phi) is 3.38. The molecule has 0 heterocycles. The summed E-state index contributed by atoms with van der Waals surface area (Å²) >= 11 is 0. The van der Waals surface area contributed by atoms with Crippen molar-refractivity contribution in [1.82, 2.24) is 10.6 Å². The SMILES string of the molecule is CCNC(=O)NC1CCC(C)C1. The van der Waals surface area contributed by atoms with Crippen molar-refractivity contribution in [1.29, 1.82) is 0 Å². The first-order chi connectivity index (χ1) is 5.72. The Balaban J connectivity index is 2.18. The molecule has 2 amide bonds. The predicted octanol–water partition coefficient (Wildman–Crippen LogP) is 1.49. The van der Waals surface area contributed by atoms with Crippen molar-refractivity contribution in [2.45, 2.75) is 39.2 Å². The summed E-state index contributed by atoms with van der Waals surface area (Å²) in [6, 6.07) is 0.392. The Hall–Kier alpha value is -0.730. The number of carbonyl (C=O) groups is 1. The van der Waals surface area contributed by atoms with Crippen LogP contribution in [0.3, 0.4) is 0 Å². The van der Waals surface area contributed by atoms with Crippen molar-refractivity contribution in [3.05, 3.63) is 0 Å². The maximum absolute atomic E-state index is 11.1. The monoisotopic (exact) mass is 170 g/mol. The first kappa shape index (κ1) is 9.36. The van der Waals surface area contributed by atoms with Crippen LogP contribution in [0.5, 0.6) is 0 Å². The van der Waals surface area contributed by atoms with Crippen LogP contribution >= 0.6 is 0 Å². The highest BCUT2D eigenvalue weighted by Crippen LogP contribution is 2.24. The van der Waals surface area contributed by atoms with Crippen molar-refractivity contribution in [2.24, 2.45) is 5.92 Å². The molecule has 0 aromatic heterocycles. The lowest BCUT2D eigenvalue weighted by Crippen LogP contribution is -2.40. The van der Waals surface area contributed by atoms with Gasteiger partial charge >= 0.3 is 6.03 Å². The summed E-state index contributed by atoms with van der Waals surface area (Å²) in [5.74, 6) is 0.775. The summed E-state index contributed by atoms with van der Waals surface area (Å²) in [4.78, 5) is 11.1. The van der Waals surface area contributed by atoms with Gasteiger partial charge in [-0.3, -0.25) is 0 Å². The summed E-state index contributed by atoms with van der Waals surface area (Å²) in [6.45, 7) is 4.87. The van der Waals surface area contributed by atoms with Crippen molar-refractivity contribution in [2.75, 3.05) is 6.54 Å². The number of nitrogens with one attached hydrogen (secondary N) is 2. The van der Waals surface area contributed by atoms with Gasteiger partial charge in [0, 0.05) is 12.6 Å². The summed E-state index contributed by atoms with van der Waals surface area (Å²) in [6.07, 6.45) is 3.52. The van der Waals surface area contributed by atoms with E-state index in [1.54, 1.807) is 0 Å². The molecule has 0 aliphatic heterocycles. The molecule has 1 aliphatic rings. The first-order valence-corrected chi connectivity index (χ1v) is 4.76. The molecule has 3 nitrogen and oxygen atoms in total. The van der Waals surface area contributed by atoms with Gasteiger partial charge in [0.15, 0.2) is 0 Å². The van der Waals surface area contributed by atoms with E-state index in [4.69, 9.17) is 0 Å². The van der Waals surface area contributed by atoms with Crippen LogP contribution in [0.1, 0.15) is 33.1 Å². The van der Waals surface area contributed by atoms with Gasteiger partial charge in [-0.1, -0.05) is 6.92 Å². The van der Waals surface area contributed by atoms with Crippen molar-refractivity contribution in [3.63, 3.8) is 0 Å². The molecular formula is C9H18N2O. The molecule has 70 valence electrons. The van der Waals surface area contributed by atoms with Gasteiger partial charge in [-0.2, -0.15) is 0 Å². The number of amides is 2. The summed E-state index contributed by atoms with van der Waals surface area (Å²) in [5, 5.41) is 5.70. The second-order valence-corrected chi connectivity index (χ2v) is 3.62. The van der Waals surface area contributed by atoms with Crippen LogP contribution in [0.2, 0.25) is 0 Å². The number of urea groups is 1. The van der Waals surface area contributed by atoms with E-state index >= 15 is 0 Å². The van der Waals surface area contributed by atoms with Gasteiger partial charge in [0.2, 0.25) is 0 Å². The Morgan fingerprint density at radius 2 is 2.25 bits per heavy atom. The molecule has 0 bridgehead atoms. The quantitative estimate of drug-likeness (QED) is 0.647. The van der Waals surface area contributed by atoms with Crippen LogP contribution < -0.4 is 10.6 Å². The van der Waals surface area contributed by atoms with E-state index in [0.29, 0.717) is 12.6 Å². The average Bonchev–Trinajstić information content (AvgIpc) is 2.36. The van der Waals surface area contributed by atoms with Crippen molar-refractivity contribution in [3.8, 4) is 0 Å². The number of carbonyl (C=O) groups excluding carboxylic acids is 1. The number of hydrogen-bond acceptors (Lipinski definition) is 1. The van der Waals surface area contributed by atoms with E-state index in [0.717, 1.165) is 18.8 Å². The minimum Gasteiger partial charge on any atom is -0.338 e. The van der Waals surface area contributed by atoms with Gasteiger partial charge in [-0.25, -0.2) is 4.79 Å². The topological polar surface area (TPSA) is 41.1 Å². The molecule has 1 saturated carbocycles. The van der Waals surface area contributed by atoms with Gasteiger partial charge in [-0.15, -0.1) is 0 Å².